The van der Waals surface area contributed by atoms with Crippen LogP contribution in [0, 0.1) is 0 Å². The molecule has 0 amide bonds. The lowest BCUT2D eigenvalue weighted by atomic mass is 10.3. The first-order chi connectivity index (χ1) is 12.2. The van der Waals surface area contributed by atoms with Crippen molar-refractivity contribution in [2.24, 2.45) is 10.7 Å². The van der Waals surface area contributed by atoms with Crippen LogP contribution in [0.25, 0.3) is 0 Å². The van der Waals surface area contributed by atoms with Gasteiger partial charge in [0.1, 0.15) is 0 Å². The van der Waals surface area contributed by atoms with E-state index in [0.717, 1.165) is 24.9 Å². The maximum atomic E-state index is 5.82. The lowest BCUT2D eigenvalue weighted by Crippen LogP contribution is -2.32. The average Bonchev–Trinajstić information content (AvgIpc) is 2.63. The zero-order chi connectivity index (χ0) is 17.9. The van der Waals surface area contributed by atoms with Gasteiger partial charge in [-0.25, -0.2) is 9.98 Å². The lowest BCUT2D eigenvalue weighted by Gasteiger charge is -2.10. The van der Waals surface area contributed by atoms with Gasteiger partial charge in [-0.05, 0) is 31.0 Å². The fourth-order valence-electron chi connectivity index (χ4n) is 2.11. The third-order valence-electron chi connectivity index (χ3n) is 3.43. The molecule has 0 bridgehead atoms. The van der Waals surface area contributed by atoms with E-state index in [1.54, 1.807) is 6.20 Å². The predicted molar refractivity (Wildman–Crippen MR) is 100 cm³/mol. The van der Waals surface area contributed by atoms with Gasteiger partial charge in [0.2, 0.25) is 5.88 Å². The molecule has 3 N–H and O–H groups in total. The quantitative estimate of drug-likeness (QED) is 0.414. The Balaban J connectivity index is 1.93. The molecule has 1 aromatic carbocycles. The van der Waals surface area contributed by atoms with Crippen molar-refractivity contribution in [3.05, 3.63) is 48.2 Å². The maximum Gasteiger partial charge on any atom is 0.219 e. The van der Waals surface area contributed by atoms with E-state index >= 15 is 0 Å². The van der Waals surface area contributed by atoms with Crippen LogP contribution in [0.1, 0.15) is 32.3 Å². The number of aromatic nitrogens is 1. The molecule has 0 aliphatic carbocycles. The molecule has 0 fully saturated rings. The molecule has 0 saturated heterocycles. The fraction of sp³-hybridized carbons (Fsp3) is 0.368. The number of aliphatic imine (C=N–C) groups is 1. The number of para-hydroxylation sites is 2. The highest BCUT2D eigenvalue weighted by Crippen LogP contribution is 2.30. The number of rotatable bonds is 9. The van der Waals surface area contributed by atoms with Gasteiger partial charge in [-0.15, -0.1) is 0 Å². The number of hydrogen-bond acceptors (Lipinski definition) is 4. The highest BCUT2D eigenvalue weighted by Gasteiger charge is 2.06. The first-order valence-electron chi connectivity index (χ1n) is 8.61. The number of nitrogens with zero attached hydrogens (tertiary/aromatic N) is 2. The molecule has 1 heterocycles. The summed E-state index contributed by atoms with van der Waals surface area (Å²) in [5.74, 6) is 2.31. The van der Waals surface area contributed by atoms with Crippen molar-refractivity contribution >= 4 is 5.96 Å². The maximum absolute atomic E-state index is 5.82. The number of benzene rings is 1. The van der Waals surface area contributed by atoms with Crippen LogP contribution in [0.5, 0.6) is 17.4 Å². The fourth-order valence-corrected chi connectivity index (χ4v) is 2.11. The summed E-state index contributed by atoms with van der Waals surface area (Å²) in [4.78, 5) is 8.62. The molecule has 134 valence electrons. The van der Waals surface area contributed by atoms with Gasteiger partial charge in [-0.3, -0.25) is 0 Å². The van der Waals surface area contributed by atoms with Gasteiger partial charge in [0.15, 0.2) is 17.5 Å². The second-order valence-corrected chi connectivity index (χ2v) is 5.47. The van der Waals surface area contributed by atoms with Gasteiger partial charge in [0.05, 0.1) is 13.2 Å². The van der Waals surface area contributed by atoms with Crippen molar-refractivity contribution in [2.45, 2.75) is 33.2 Å². The van der Waals surface area contributed by atoms with E-state index in [0.29, 0.717) is 36.5 Å². The summed E-state index contributed by atoms with van der Waals surface area (Å²) in [5, 5.41) is 3.08. The van der Waals surface area contributed by atoms with Crippen LogP contribution in [-0.4, -0.2) is 24.1 Å². The van der Waals surface area contributed by atoms with Crippen LogP contribution in [0.15, 0.2) is 47.6 Å². The third kappa shape index (κ3) is 6.33. The summed E-state index contributed by atoms with van der Waals surface area (Å²) in [7, 11) is 0. The molecule has 1 aromatic heterocycles. The normalized spacial score (nSPS) is 11.2. The van der Waals surface area contributed by atoms with E-state index < -0.39 is 0 Å². The molecule has 0 unspecified atom stereocenters. The average molecular weight is 342 g/mol. The summed E-state index contributed by atoms with van der Waals surface area (Å²) in [6.45, 7) is 5.98. The standard InChI is InChI=1S/C19H26N4O2/c1-3-5-12-21-19(20)23-14-15-10-11-18(22-13-15)25-17-9-7-6-8-16(17)24-4-2/h6-11,13H,3-5,12,14H2,1-2H3,(H3,20,21,23). The van der Waals surface area contributed by atoms with Crippen LogP contribution in [0.2, 0.25) is 0 Å². The Morgan fingerprint density at radius 3 is 2.64 bits per heavy atom. The second-order valence-electron chi connectivity index (χ2n) is 5.47. The topological polar surface area (TPSA) is 81.8 Å². The van der Waals surface area contributed by atoms with Gasteiger partial charge in [-0.2, -0.15) is 0 Å². The minimum absolute atomic E-state index is 0.458. The van der Waals surface area contributed by atoms with E-state index in [-0.39, 0.29) is 0 Å². The van der Waals surface area contributed by atoms with Crippen LogP contribution < -0.4 is 20.5 Å². The van der Waals surface area contributed by atoms with Crippen molar-refractivity contribution in [3.63, 3.8) is 0 Å². The van der Waals surface area contributed by atoms with Crippen LogP contribution in [-0.2, 0) is 6.54 Å². The van der Waals surface area contributed by atoms with Crippen LogP contribution >= 0.6 is 0 Å². The Bertz CT molecular complexity index is 671. The highest BCUT2D eigenvalue weighted by molar-refractivity contribution is 5.77. The lowest BCUT2D eigenvalue weighted by molar-refractivity contribution is 0.319. The Morgan fingerprint density at radius 1 is 1.16 bits per heavy atom. The first kappa shape index (κ1) is 18.6. The monoisotopic (exact) mass is 342 g/mol. The largest absolute Gasteiger partial charge is 0.490 e. The number of unbranched alkanes of at least 4 members (excludes halogenated alkanes) is 1. The Hall–Kier alpha value is -2.76. The molecule has 2 aromatic rings. The second kappa shape index (κ2) is 10.2. The van der Waals surface area contributed by atoms with E-state index in [4.69, 9.17) is 15.2 Å². The number of hydrogen-bond donors (Lipinski definition) is 2. The van der Waals surface area contributed by atoms with Crippen molar-refractivity contribution in [1.82, 2.24) is 10.3 Å². The molecule has 6 nitrogen and oxygen atoms in total. The van der Waals surface area contributed by atoms with E-state index in [1.807, 2.05) is 43.3 Å². The predicted octanol–water partition coefficient (Wildman–Crippen LogP) is 3.48. The number of ether oxygens (including phenoxy) is 2. The van der Waals surface area contributed by atoms with Gasteiger partial charge >= 0.3 is 0 Å². The van der Waals surface area contributed by atoms with Crippen molar-refractivity contribution in [1.29, 1.82) is 0 Å². The Labute approximate surface area is 149 Å². The zero-order valence-electron chi connectivity index (χ0n) is 14.9. The molecular weight excluding hydrogens is 316 g/mol. The molecule has 6 heteroatoms. The van der Waals surface area contributed by atoms with E-state index in [2.05, 4.69) is 22.2 Å². The van der Waals surface area contributed by atoms with Crippen LogP contribution in [0.3, 0.4) is 0 Å². The van der Waals surface area contributed by atoms with Gasteiger partial charge in [0.25, 0.3) is 0 Å². The van der Waals surface area contributed by atoms with Crippen molar-refractivity contribution < 1.29 is 9.47 Å². The minimum Gasteiger partial charge on any atom is -0.490 e. The molecule has 25 heavy (non-hydrogen) atoms. The number of nitrogens with two attached hydrogens (primary N) is 1. The molecule has 0 saturated carbocycles. The molecule has 0 aliphatic rings. The summed E-state index contributed by atoms with van der Waals surface area (Å²) < 4.78 is 11.3. The summed E-state index contributed by atoms with van der Waals surface area (Å²) in [6, 6.07) is 11.3. The zero-order valence-corrected chi connectivity index (χ0v) is 14.9. The van der Waals surface area contributed by atoms with Crippen LogP contribution in [0.4, 0.5) is 0 Å². The highest BCUT2D eigenvalue weighted by atomic mass is 16.5. The van der Waals surface area contributed by atoms with E-state index in [9.17, 15) is 0 Å². The molecule has 2 rings (SSSR count). The van der Waals surface area contributed by atoms with Crippen molar-refractivity contribution in [3.8, 4) is 17.4 Å². The summed E-state index contributed by atoms with van der Waals surface area (Å²) in [6.07, 6.45) is 3.94. The molecule has 0 aliphatic heterocycles. The van der Waals surface area contributed by atoms with Gasteiger partial charge in [-0.1, -0.05) is 31.5 Å². The van der Waals surface area contributed by atoms with Crippen molar-refractivity contribution in [2.75, 3.05) is 13.2 Å². The third-order valence-corrected chi connectivity index (χ3v) is 3.43. The van der Waals surface area contributed by atoms with Gasteiger partial charge < -0.3 is 20.5 Å². The summed E-state index contributed by atoms with van der Waals surface area (Å²) >= 11 is 0. The Kier molecular flexibility index (Phi) is 7.56. The SMILES string of the molecule is CCCCNC(N)=NCc1ccc(Oc2ccccc2OCC)nc1. The van der Waals surface area contributed by atoms with Gasteiger partial charge in [0, 0.05) is 18.8 Å². The number of nitrogens with one attached hydrogen (secondary N) is 1. The first-order valence-corrected chi connectivity index (χ1v) is 8.61. The molecular formula is C19H26N4O2. The molecule has 0 radical (unpaired) electrons. The number of pyridine rings is 1. The molecule has 0 spiro atoms. The summed E-state index contributed by atoms with van der Waals surface area (Å²) in [5.41, 5.74) is 6.78. The smallest absolute Gasteiger partial charge is 0.219 e. The minimum atomic E-state index is 0.458. The molecule has 0 atom stereocenters. The Morgan fingerprint density at radius 2 is 1.96 bits per heavy atom. The number of guanidine groups is 1. The van der Waals surface area contributed by atoms with E-state index in [1.165, 1.54) is 0 Å².